The molecule has 0 atom stereocenters. The first-order valence-electron chi connectivity index (χ1n) is 6.32. The molecule has 1 N–H and O–H groups in total. The molecule has 19 heavy (non-hydrogen) atoms. The summed E-state index contributed by atoms with van der Waals surface area (Å²) in [5.74, 6) is -0.830. The molecule has 3 rings (SSSR count). The van der Waals surface area contributed by atoms with Crippen LogP contribution in [0.1, 0.15) is 33.7 Å². The Morgan fingerprint density at radius 2 is 1.95 bits per heavy atom. The standard InChI is InChI=1S/C15H14ClNO2/c1-9-14(15(18)19)12-3-2-4-13(12)17(9)11-7-5-10(16)6-8-11/h5-8H,2-4H2,1H3,(H,18,19). The number of halogens is 1. The molecule has 1 aromatic heterocycles. The maximum absolute atomic E-state index is 11.4. The van der Waals surface area contributed by atoms with Gasteiger partial charge in [0.25, 0.3) is 0 Å². The number of carbonyl (C=O) groups is 1. The number of carboxylic acids is 1. The summed E-state index contributed by atoms with van der Waals surface area (Å²) in [5, 5.41) is 10.1. The van der Waals surface area contributed by atoms with Gasteiger partial charge in [0.05, 0.1) is 5.56 Å². The second kappa shape index (κ2) is 4.42. The Balaban J connectivity index is 2.24. The fraction of sp³-hybridized carbons (Fsp3) is 0.267. The predicted molar refractivity (Wildman–Crippen MR) is 74.5 cm³/mol. The minimum absolute atomic E-state index is 0.474. The molecule has 0 amide bonds. The summed E-state index contributed by atoms with van der Waals surface area (Å²) >= 11 is 5.91. The highest BCUT2D eigenvalue weighted by atomic mass is 35.5. The number of rotatable bonds is 2. The molecule has 1 aliphatic carbocycles. The molecule has 0 unspecified atom stereocenters. The molecular weight excluding hydrogens is 262 g/mol. The third kappa shape index (κ3) is 1.85. The first kappa shape index (κ1) is 12.3. The van der Waals surface area contributed by atoms with E-state index in [1.165, 1.54) is 0 Å². The van der Waals surface area contributed by atoms with Crippen LogP contribution in [0.3, 0.4) is 0 Å². The van der Waals surface area contributed by atoms with E-state index in [1.54, 1.807) is 0 Å². The van der Waals surface area contributed by atoms with Crippen LogP contribution in [-0.4, -0.2) is 15.6 Å². The van der Waals surface area contributed by atoms with Crippen molar-refractivity contribution >= 4 is 17.6 Å². The fourth-order valence-electron chi connectivity index (χ4n) is 3.00. The predicted octanol–water partition coefficient (Wildman–Crippen LogP) is 3.63. The van der Waals surface area contributed by atoms with Gasteiger partial charge in [-0.15, -0.1) is 0 Å². The van der Waals surface area contributed by atoms with Gasteiger partial charge in [-0.25, -0.2) is 4.79 Å². The summed E-state index contributed by atoms with van der Waals surface area (Å²) in [5.41, 5.74) is 4.40. The van der Waals surface area contributed by atoms with E-state index in [-0.39, 0.29) is 0 Å². The normalized spacial score (nSPS) is 13.6. The van der Waals surface area contributed by atoms with Crippen molar-refractivity contribution in [2.75, 3.05) is 0 Å². The van der Waals surface area contributed by atoms with E-state index in [2.05, 4.69) is 4.57 Å². The number of carboxylic acid groups (broad SMARTS) is 1. The minimum Gasteiger partial charge on any atom is -0.478 e. The van der Waals surface area contributed by atoms with Crippen molar-refractivity contribution in [2.45, 2.75) is 26.2 Å². The smallest absolute Gasteiger partial charge is 0.337 e. The van der Waals surface area contributed by atoms with Crippen LogP contribution in [0.5, 0.6) is 0 Å². The number of aromatic carboxylic acids is 1. The zero-order valence-electron chi connectivity index (χ0n) is 10.6. The lowest BCUT2D eigenvalue weighted by Crippen LogP contribution is -2.04. The zero-order chi connectivity index (χ0) is 13.6. The summed E-state index contributed by atoms with van der Waals surface area (Å²) < 4.78 is 2.06. The average Bonchev–Trinajstić information content (AvgIpc) is 2.89. The van der Waals surface area contributed by atoms with E-state index in [0.717, 1.165) is 41.9 Å². The lowest BCUT2D eigenvalue weighted by Gasteiger charge is -2.10. The van der Waals surface area contributed by atoms with Crippen LogP contribution in [0, 0.1) is 6.92 Å². The van der Waals surface area contributed by atoms with Crippen molar-refractivity contribution in [3.05, 3.63) is 51.8 Å². The number of benzene rings is 1. The van der Waals surface area contributed by atoms with Gasteiger partial charge in [0, 0.05) is 22.1 Å². The second-order valence-corrected chi connectivity index (χ2v) is 5.29. The van der Waals surface area contributed by atoms with Crippen molar-refractivity contribution in [2.24, 2.45) is 0 Å². The Kier molecular flexibility index (Phi) is 2.86. The van der Waals surface area contributed by atoms with E-state index >= 15 is 0 Å². The first-order valence-corrected chi connectivity index (χ1v) is 6.69. The van der Waals surface area contributed by atoms with Crippen LogP contribution in [0.2, 0.25) is 5.02 Å². The molecule has 0 saturated carbocycles. The third-order valence-corrected chi connectivity index (χ3v) is 4.01. The highest BCUT2D eigenvalue weighted by Gasteiger charge is 2.28. The molecule has 4 heteroatoms. The zero-order valence-corrected chi connectivity index (χ0v) is 11.4. The number of nitrogens with zero attached hydrogens (tertiary/aromatic N) is 1. The van der Waals surface area contributed by atoms with Crippen LogP contribution >= 0.6 is 11.6 Å². The quantitative estimate of drug-likeness (QED) is 0.909. The van der Waals surface area contributed by atoms with E-state index in [9.17, 15) is 9.90 Å². The van der Waals surface area contributed by atoms with Gasteiger partial charge in [0.2, 0.25) is 0 Å². The largest absolute Gasteiger partial charge is 0.478 e. The molecule has 2 aromatic rings. The van der Waals surface area contributed by atoms with Crippen molar-refractivity contribution < 1.29 is 9.90 Å². The SMILES string of the molecule is Cc1c(C(=O)O)c2c(n1-c1ccc(Cl)cc1)CCC2. The number of hydrogen-bond acceptors (Lipinski definition) is 1. The molecule has 1 heterocycles. The Morgan fingerprint density at radius 3 is 2.58 bits per heavy atom. The molecule has 98 valence electrons. The van der Waals surface area contributed by atoms with Gasteiger partial charge in [-0.05, 0) is 56.0 Å². The van der Waals surface area contributed by atoms with E-state index < -0.39 is 5.97 Å². The van der Waals surface area contributed by atoms with Crippen LogP contribution in [0.15, 0.2) is 24.3 Å². The van der Waals surface area contributed by atoms with Crippen LogP contribution in [-0.2, 0) is 12.8 Å². The molecular formula is C15H14ClNO2. The molecule has 0 aliphatic heterocycles. The molecule has 0 spiro atoms. The second-order valence-electron chi connectivity index (χ2n) is 4.86. The van der Waals surface area contributed by atoms with Crippen molar-refractivity contribution in [1.82, 2.24) is 4.57 Å². The third-order valence-electron chi connectivity index (χ3n) is 3.76. The topological polar surface area (TPSA) is 42.2 Å². The number of fused-ring (bicyclic) bond motifs is 1. The van der Waals surface area contributed by atoms with Gasteiger partial charge >= 0.3 is 5.97 Å². The first-order chi connectivity index (χ1) is 9.09. The van der Waals surface area contributed by atoms with Crippen molar-refractivity contribution in [1.29, 1.82) is 0 Å². The lowest BCUT2D eigenvalue weighted by molar-refractivity contribution is 0.0695. The molecule has 0 fully saturated rings. The van der Waals surface area contributed by atoms with Gasteiger partial charge < -0.3 is 9.67 Å². The van der Waals surface area contributed by atoms with Gasteiger partial charge in [-0.3, -0.25) is 0 Å². The van der Waals surface area contributed by atoms with Crippen LogP contribution in [0.25, 0.3) is 5.69 Å². The van der Waals surface area contributed by atoms with Crippen molar-refractivity contribution in [3.63, 3.8) is 0 Å². The molecule has 0 bridgehead atoms. The van der Waals surface area contributed by atoms with Crippen LogP contribution in [0.4, 0.5) is 0 Å². The van der Waals surface area contributed by atoms with E-state index in [4.69, 9.17) is 11.6 Å². The highest BCUT2D eigenvalue weighted by Crippen LogP contribution is 2.33. The van der Waals surface area contributed by atoms with Gasteiger partial charge in [0.15, 0.2) is 0 Å². The monoisotopic (exact) mass is 275 g/mol. The summed E-state index contributed by atoms with van der Waals surface area (Å²) in [6, 6.07) is 7.52. The van der Waals surface area contributed by atoms with Gasteiger partial charge in [0.1, 0.15) is 0 Å². The summed E-state index contributed by atoms with van der Waals surface area (Å²) in [6.45, 7) is 1.87. The van der Waals surface area contributed by atoms with Gasteiger partial charge in [-0.1, -0.05) is 11.6 Å². The minimum atomic E-state index is -0.830. The molecule has 1 aromatic carbocycles. The Hall–Kier alpha value is -1.74. The Morgan fingerprint density at radius 1 is 1.26 bits per heavy atom. The average molecular weight is 276 g/mol. The molecule has 3 nitrogen and oxygen atoms in total. The summed E-state index contributed by atoms with van der Waals surface area (Å²) in [7, 11) is 0. The Bertz CT molecular complexity index is 656. The van der Waals surface area contributed by atoms with Gasteiger partial charge in [-0.2, -0.15) is 0 Å². The maximum atomic E-state index is 11.4. The van der Waals surface area contributed by atoms with E-state index in [0.29, 0.717) is 10.6 Å². The fourth-order valence-corrected chi connectivity index (χ4v) is 3.13. The highest BCUT2D eigenvalue weighted by molar-refractivity contribution is 6.30. The lowest BCUT2D eigenvalue weighted by atomic mass is 10.1. The van der Waals surface area contributed by atoms with E-state index in [1.807, 2.05) is 31.2 Å². The Labute approximate surface area is 116 Å². The number of hydrogen-bond donors (Lipinski definition) is 1. The molecule has 0 saturated heterocycles. The number of aromatic nitrogens is 1. The van der Waals surface area contributed by atoms with Crippen LogP contribution < -0.4 is 0 Å². The van der Waals surface area contributed by atoms with Crippen molar-refractivity contribution in [3.8, 4) is 5.69 Å². The molecule has 0 radical (unpaired) electrons. The summed E-state index contributed by atoms with van der Waals surface area (Å²) in [6.07, 6.45) is 2.82. The summed E-state index contributed by atoms with van der Waals surface area (Å²) in [4.78, 5) is 11.4. The molecule has 1 aliphatic rings. The maximum Gasteiger partial charge on any atom is 0.337 e.